The molecule has 4 rings (SSSR count). The Labute approximate surface area is 217 Å². The van der Waals surface area contributed by atoms with Gasteiger partial charge in [0.2, 0.25) is 5.91 Å². The monoisotopic (exact) mass is 508 g/mol. The third kappa shape index (κ3) is 6.97. The molecule has 10 heteroatoms. The van der Waals surface area contributed by atoms with Crippen molar-refractivity contribution in [3.8, 4) is 6.01 Å². The van der Waals surface area contributed by atoms with Crippen molar-refractivity contribution in [3.05, 3.63) is 48.6 Å². The van der Waals surface area contributed by atoms with Crippen molar-refractivity contribution >= 4 is 29.0 Å². The van der Waals surface area contributed by atoms with E-state index in [9.17, 15) is 4.79 Å². The van der Waals surface area contributed by atoms with Gasteiger partial charge >= 0.3 is 12.0 Å². The molecule has 3 aromatic rings. The molecule has 0 aliphatic carbocycles. The van der Waals surface area contributed by atoms with E-state index in [1.807, 2.05) is 6.92 Å². The van der Waals surface area contributed by atoms with Crippen molar-refractivity contribution < 1.29 is 18.7 Å². The van der Waals surface area contributed by atoms with E-state index in [-0.39, 0.29) is 17.8 Å². The number of ether oxygens (including phenoxy) is 2. The van der Waals surface area contributed by atoms with E-state index in [2.05, 4.69) is 62.5 Å². The minimum Gasteiger partial charge on any atom is -0.464 e. The zero-order chi connectivity index (χ0) is 26.0. The van der Waals surface area contributed by atoms with E-state index in [1.165, 1.54) is 12.5 Å². The van der Waals surface area contributed by atoms with Crippen LogP contribution < -0.4 is 20.3 Å². The molecule has 2 aromatic heterocycles. The van der Waals surface area contributed by atoms with Crippen molar-refractivity contribution in [2.24, 2.45) is 0 Å². The first kappa shape index (κ1) is 26.4. The van der Waals surface area contributed by atoms with Gasteiger partial charge in [-0.25, -0.2) is 15.0 Å². The van der Waals surface area contributed by atoms with E-state index in [0.717, 1.165) is 61.6 Å². The summed E-state index contributed by atoms with van der Waals surface area (Å²) in [6.45, 7) is 9.09. The van der Waals surface area contributed by atoms with Crippen molar-refractivity contribution in [3.63, 3.8) is 0 Å². The Hall–Kier alpha value is -3.66. The number of aromatic nitrogens is 3. The van der Waals surface area contributed by atoms with Crippen LogP contribution >= 0.6 is 0 Å². The zero-order valence-electron chi connectivity index (χ0n) is 21.8. The molecule has 198 valence electrons. The van der Waals surface area contributed by atoms with Crippen LogP contribution in [0.25, 0.3) is 0 Å². The van der Waals surface area contributed by atoms with Crippen molar-refractivity contribution in [1.82, 2.24) is 15.0 Å². The van der Waals surface area contributed by atoms with Crippen LogP contribution in [-0.2, 0) is 9.53 Å². The lowest BCUT2D eigenvalue weighted by atomic mass is 9.91. The number of carbonyl (C=O) groups excluding carboxylic acids is 1. The van der Waals surface area contributed by atoms with Gasteiger partial charge in [-0.3, -0.25) is 10.1 Å². The standard InChI is InChI=1S/C27H36N6O4/c1-4-19(16-25(34)32-27-28-11-14-37-27)20-7-8-24(33(5-2)22-9-12-35-13-10-22)23(15-20)31-21-17-29-26(30-18-21)36-6-3/h7-8,11,14-15,17-19,22,31H,4-6,9-10,12-13,16H2,1-3H3,(H,28,32,34)/t19-/m1/s1. The lowest BCUT2D eigenvalue weighted by molar-refractivity contribution is -0.116. The summed E-state index contributed by atoms with van der Waals surface area (Å²) in [5, 5.41) is 6.25. The van der Waals surface area contributed by atoms with E-state index in [1.54, 1.807) is 12.4 Å². The largest absolute Gasteiger partial charge is 0.464 e. The molecule has 1 saturated heterocycles. The maximum absolute atomic E-state index is 12.7. The van der Waals surface area contributed by atoms with Gasteiger partial charge in [0.25, 0.3) is 0 Å². The molecule has 2 N–H and O–H groups in total. The first-order valence-corrected chi connectivity index (χ1v) is 13.0. The smallest absolute Gasteiger partial charge is 0.316 e. The maximum atomic E-state index is 12.7. The predicted octanol–water partition coefficient (Wildman–Crippen LogP) is 5.13. The third-order valence-electron chi connectivity index (χ3n) is 6.56. The molecule has 1 atom stereocenters. The minimum absolute atomic E-state index is 0.0271. The summed E-state index contributed by atoms with van der Waals surface area (Å²) in [5.74, 6) is -0.107. The molecule has 1 fully saturated rings. The van der Waals surface area contributed by atoms with Gasteiger partial charge in [-0.15, -0.1) is 0 Å². The molecular weight excluding hydrogens is 472 g/mol. The Bertz CT molecular complexity index is 1120. The summed E-state index contributed by atoms with van der Waals surface area (Å²) in [6.07, 6.45) is 9.49. The summed E-state index contributed by atoms with van der Waals surface area (Å²) in [4.78, 5) is 27.7. The van der Waals surface area contributed by atoms with Gasteiger partial charge in [0.05, 0.1) is 42.3 Å². The number of nitrogens with one attached hydrogen (secondary N) is 2. The van der Waals surface area contributed by atoms with Gasteiger partial charge in [-0.2, -0.15) is 0 Å². The first-order chi connectivity index (χ1) is 18.1. The molecule has 0 spiro atoms. The van der Waals surface area contributed by atoms with Gasteiger partial charge in [0, 0.05) is 32.2 Å². The summed E-state index contributed by atoms with van der Waals surface area (Å²) >= 11 is 0. The van der Waals surface area contributed by atoms with Crippen LogP contribution in [0.1, 0.15) is 57.9 Å². The van der Waals surface area contributed by atoms with Crippen LogP contribution in [0.5, 0.6) is 6.01 Å². The van der Waals surface area contributed by atoms with E-state index in [0.29, 0.717) is 25.1 Å². The van der Waals surface area contributed by atoms with Gasteiger partial charge in [0.15, 0.2) is 0 Å². The Morgan fingerprint density at radius 3 is 2.59 bits per heavy atom. The minimum atomic E-state index is -0.134. The molecule has 1 aliphatic heterocycles. The zero-order valence-corrected chi connectivity index (χ0v) is 21.8. The lowest BCUT2D eigenvalue weighted by Gasteiger charge is -2.37. The molecule has 1 aromatic carbocycles. The van der Waals surface area contributed by atoms with Crippen molar-refractivity contribution in [2.75, 3.05) is 41.9 Å². The summed E-state index contributed by atoms with van der Waals surface area (Å²) in [5.41, 5.74) is 3.89. The average molecular weight is 509 g/mol. The van der Waals surface area contributed by atoms with Crippen LogP contribution in [-0.4, -0.2) is 53.3 Å². The number of amides is 1. The van der Waals surface area contributed by atoms with Crippen LogP contribution in [0.15, 0.2) is 47.5 Å². The van der Waals surface area contributed by atoms with Gasteiger partial charge in [-0.05, 0) is 56.7 Å². The quantitative estimate of drug-likeness (QED) is 0.343. The highest BCUT2D eigenvalue weighted by molar-refractivity contribution is 5.89. The second-order valence-corrected chi connectivity index (χ2v) is 8.91. The highest BCUT2D eigenvalue weighted by atomic mass is 16.5. The van der Waals surface area contributed by atoms with Crippen molar-refractivity contribution in [1.29, 1.82) is 0 Å². The SMILES string of the molecule is CCOc1ncc(Nc2cc([C@H](CC)CC(=O)Nc3ncco3)ccc2N(CC)C2CCOCC2)cn1. The lowest BCUT2D eigenvalue weighted by Crippen LogP contribution is -2.39. The molecule has 10 nitrogen and oxygen atoms in total. The molecule has 1 aliphatic rings. The maximum Gasteiger partial charge on any atom is 0.316 e. The van der Waals surface area contributed by atoms with Crippen molar-refractivity contribution in [2.45, 2.75) is 58.4 Å². The Kier molecular flexibility index (Phi) is 9.31. The molecule has 0 bridgehead atoms. The number of oxazole rings is 1. The molecule has 1 amide bonds. The normalized spacial score (nSPS) is 14.7. The van der Waals surface area contributed by atoms with Gasteiger partial charge < -0.3 is 24.1 Å². The number of anilines is 4. The number of benzene rings is 1. The predicted molar refractivity (Wildman–Crippen MR) is 143 cm³/mol. The molecule has 0 unspecified atom stereocenters. The van der Waals surface area contributed by atoms with Crippen LogP contribution in [0.4, 0.5) is 23.1 Å². The summed E-state index contributed by atoms with van der Waals surface area (Å²) in [6, 6.07) is 7.38. The highest BCUT2D eigenvalue weighted by Gasteiger charge is 2.24. The second-order valence-electron chi connectivity index (χ2n) is 8.91. The average Bonchev–Trinajstić information content (AvgIpc) is 3.43. The highest BCUT2D eigenvalue weighted by Crippen LogP contribution is 2.36. The number of hydrogen-bond acceptors (Lipinski definition) is 9. The fourth-order valence-corrected chi connectivity index (χ4v) is 4.70. The number of carbonyl (C=O) groups is 1. The number of hydrogen-bond donors (Lipinski definition) is 2. The third-order valence-corrected chi connectivity index (χ3v) is 6.56. The fourth-order valence-electron chi connectivity index (χ4n) is 4.70. The Balaban J connectivity index is 1.61. The van der Waals surface area contributed by atoms with Gasteiger partial charge in [-0.1, -0.05) is 13.0 Å². The van der Waals surface area contributed by atoms with E-state index >= 15 is 0 Å². The van der Waals surface area contributed by atoms with Crippen LogP contribution in [0.3, 0.4) is 0 Å². The topological polar surface area (TPSA) is 115 Å². The first-order valence-electron chi connectivity index (χ1n) is 13.0. The fraction of sp³-hybridized carbons (Fsp3) is 0.481. The van der Waals surface area contributed by atoms with Gasteiger partial charge in [0.1, 0.15) is 6.26 Å². The number of nitrogens with zero attached hydrogens (tertiary/aromatic N) is 4. The van der Waals surface area contributed by atoms with Crippen LogP contribution in [0, 0.1) is 0 Å². The second kappa shape index (κ2) is 13.0. The Morgan fingerprint density at radius 2 is 1.95 bits per heavy atom. The summed E-state index contributed by atoms with van der Waals surface area (Å²) < 4.78 is 16.2. The molecule has 0 radical (unpaired) electrons. The molecular formula is C27H36N6O4. The Morgan fingerprint density at radius 1 is 1.16 bits per heavy atom. The van der Waals surface area contributed by atoms with Crippen LogP contribution in [0.2, 0.25) is 0 Å². The van der Waals surface area contributed by atoms with E-state index < -0.39 is 0 Å². The molecule has 3 heterocycles. The summed E-state index contributed by atoms with van der Waals surface area (Å²) in [7, 11) is 0. The number of rotatable bonds is 12. The molecule has 37 heavy (non-hydrogen) atoms. The molecule has 0 saturated carbocycles. The van der Waals surface area contributed by atoms with E-state index in [4.69, 9.17) is 13.9 Å².